The van der Waals surface area contributed by atoms with E-state index in [4.69, 9.17) is 0 Å². The number of hydrogen-bond acceptors (Lipinski definition) is 4. The van der Waals surface area contributed by atoms with Crippen molar-refractivity contribution in [2.75, 3.05) is 26.2 Å². The summed E-state index contributed by atoms with van der Waals surface area (Å²) in [5, 5.41) is 2.78. The van der Waals surface area contributed by atoms with Gasteiger partial charge in [0.15, 0.2) is 0 Å². The average molecular weight is 447 g/mol. The highest BCUT2D eigenvalue weighted by molar-refractivity contribution is 7.89. The van der Waals surface area contributed by atoms with Crippen LogP contribution in [0.25, 0.3) is 27.9 Å². The van der Waals surface area contributed by atoms with E-state index in [0.29, 0.717) is 24.1 Å². The van der Waals surface area contributed by atoms with Crippen LogP contribution < -0.4 is 0 Å². The first-order chi connectivity index (χ1) is 15.5. The normalized spacial score (nSPS) is 15.7. The van der Waals surface area contributed by atoms with E-state index in [-0.39, 0.29) is 23.9 Å². The van der Waals surface area contributed by atoms with E-state index in [1.807, 2.05) is 48.5 Å². The Labute approximate surface area is 186 Å². The number of aromatic amines is 1. The third-order valence-electron chi connectivity index (χ3n) is 5.81. The van der Waals surface area contributed by atoms with Crippen LogP contribution in [0.3, 0.4) is 0 Å². The van der Waals surface area contributed by atoms with E-state index in [1.54, 1.807) is 29.3 Å². The lowest BCUT2D eigenvalue weighted by molar-refractivity contribution is -0.127. The van der Waals surface area contributed by atoms with E-state index >= 15 is 0 Å². The summed E-state index contributed by atoms with van der Waals surface area (Å²) >= 11 is 0. The monoisotopic (exact) mass is 446 g/mol. The molecule has 1 fully saturated rings. The predicted molar refractivity (Wildman–Crippen MR) is 124 cm³/mol. The summed E-state index contributed by atoms with van der Waals surface area (Å²) in [6, 6.07) is 17.5. The van der Waals surface area contributed by atoms with Gasteiger partial charge < -0.3 is 9.88 Å². The number of carbonyl (C=O) groups is 1. The van der Waals surface area contributed by atoms with Crippen molar-refractivity contribution < 1.29 is 13.2 Å². The Morgan fingerprint density at radius 2 is 1.69 bits per heavy atom. The number of amides is 1. The molecule has 1 N–H and O–H groups in total. The third-order valence-corrected chi connectivity index (χ3v) is 7.75. The summed E-state index contributed by atoms with van der Waals surface area (Å²) in [5.74, 6) is -0.119. The summed E-state index contributed by atoms with van der Waals surface area (Å²) in [6.45, 7) is 1.20. The van der Waals surface area contributed by atoms with Crippen molar-refractivity contribution in [3.8, 4) is 0 Å². The molecule has 0 spiro atoms. The van der Waals surface area contributed by atoms with Gasteiger partial charge in [0.05, 0.1) is 0 Å². The SMILES string of the molecule is O=C(/C=C/c1cccc2ccccc12)N1CCN(S(=O)(=O)c2c[nH]c3ncccc23)CC1. The molecule has 5 rings (SSSR count). The molecule has 1 saturated heterocycles. The third kappa shape index (κ3) is 3.68. The number of nitrogens with zero attached hydrogens (tertiary/aromatic N) is 3. The zero-order valence-electron chi connectivity index (χ0n) is 17.3. The number of aromatic nitrogens is 2. The summed E-state index contributed by atoms with van der Waals surface area (Å²) < 4.78 is 27.7. The molecule has 162 valence electrons. The maximum absolute atomic E-state index is 13.1. The molecule has 1 aliphatic rings. The van der Waals surface area contributed by atoms with Crippen molar-refractivity contribution in [1.82, 2.24) is 19.2 Å². The van der Waals surface area contributed by atoms with Crippen LogP contribution in [0.2, 0.25) is 0 Å². The maximum Gasteiger partial charge on any atom is 0.246 e. The maximum atomic E-state index is 13.1. The Morgan fingerprint density at radius 3 is 2.53 bits per heavy atom. The lowest BCUT2D eigenvalue weighted by atomic mass is 10.0. The number of rotatable bonds is 4. The standard InChI is InChI=1S/C24H22N4O3S/c29-23(11-10-19-7-3-6-18-5-1-2-8-20(18)19)27-13-15-28(16-14-27)32(30,31)22-17-26-24-21(22)9-4-12-25-24/h1-12,17H,13-16H2,(H,25,26)/b11-10+. The Kier molecular flexibility index (Phi) is 5.24. The molecule has 8 heteroatoms. The van der Waals surface area contributed by atoms with E-state index in [1.165, 1.54) is 10.5 Å². The van der Waals surface area contributed by atoms with Crippen LogP contribution in [0, 0.1) is 0 Å². The second kappa shape index (κ2) is 8.22. The molecule has 32 heavy (non-hydrogen) atoms. The summed E-state index contributed by atoms with van der Waals surface area (Å²) in [4.78, 5) is 21.7. The van der Waals surface area contributed by atoms with Gasteiger partial charge in [0.1, 0.15) is 10.5 Å². The molecule has 7 nitrogen and oxygen atoms in total. The van der Waals surface area contributed by atoms with Gasteiger partial charge in [0.2, 0.25) is 15.9 Å². The van der Waals surface area contributed by atoms with Gasteiger partial charge in [0.25, 0.3) is 0 Å². The van der Waals surface area contributed by atoms with Gasteiger partial charge in [-0.1, -0.05) is 42.5 Å². The minimum atomic E-state index is -3.67. The first-order valence-corrected chi connectivity index (χ1v) is 11.8. The number of H-pyrrole nitrogens is 1. The molecule has 0 bridgehead atoms. The lowest BCUT2D eigenvalue weighted by Crippen LogP contribution is -2.50. The van der Waals surface area contributed by atoms with Crippen molar-refractivity contribution in [2.24, 2.45) is 0 Å². The fourth-order valence-corrected chi connectivity index (χ4v) is 5.67. The number of nitrogens with one attached hydrogen (secondary N) is 1. The van der Waals surface area contributed by atoms with Gasteiger partial charge in [-0.2, -0.15) is 4.31 Å². The fraction of sp³-hybridized carbons (Fsp3) is 0.167. The van der Waals surface area contributed by atoms with Crippen LogP contribution in [-0.4, -0.2) is 59.7 Å². The van der Waals surface area contributed by atoms with E-state index in [0.717, 1.165) is 16.3 Å². The first-order valence-electron chi connectivity index (χ1n) is 10.4. The van der Waals surface area contributed by atoms with Crippen LogP contribution >= 0.6 is 0 Å². The van der Waals surface area contributed by atoms with Crippen LogP contribution in [0.5, 0.6) is 0 Å². The highest BCUT2D eigenvalue weighted by Gasteiger charge is 2.31. The van der Waals surface area contributed by atoms with Gasteiger partial charge in [-0.3, -0.25) is 4.79 Å². The Morgan fingerprint density at radius 1 is 0.938 bits per heavy atom. The lowest BCUT2D eigenvalue weighted by Gasteiger charge is -2.33. The highest BCUT2D eigenvalue weighted by atomic mass is 32.2. The summed E-state index contributed by atoms with van der Waals surface area (Å²) in [7, 11) is -3.67. The van der Waals surface area contributed by atoms with Crippen LogP contribution in [-0.2, 0) is 14.8 Å². The molecule has 0 unspecified atom stereocenters. The molecular weight excluding hydrogens is 424 g/mol. The Bertz CT molecular complexity index is 1430. The second-order valence-corrected chi connectivity index (χ2v) is 9.59. The van der Waals surface area contributed by atoms with Gasteiger partial charge in [-0.15, -0.1) is 0 Å². The number of carbonyl (C=O) groups excluding carboxylic acids is 1. The zero-order valence-corrected chi connectivity index (χ0v) is 18.1. The zero-order chi connectivity index (χ0) is 22.1. The quantitative estimate of drug-likeness (QED) is 0.488. The molecule has 1 aliphatic heterocycles. The van der Waals surface area contributed by atoms with Crippen molar-refractivity contribution in [3.63, 3.8) is 0 Å². The number of pyridine rings is 1. The molecule has 4 aromatic rings. The molecular formula is C24H22N4O3S. The van der Waals surface area contributed by atoms with Gasteiger partial charge in [0, 0.05) is 50.0 Å². The van der Waals surface area contributed by atoms with E-state index < -0.39 is 10.0 Å². The molecule has 2 aromatic carbocycles. The second-order valence-electron chi connectivity index (χ2n) is 7.68. The Hall–Kier alpha value is -3.49. The summed E-state index contributed by atoms with van der Waals surface area (Å²) in [5.41, 5.74) is 1.52. The summed E-state index contributed by atoms with van der Waals surface area (Å²) in [6.07, 6.45) is 6.49. The molecule has 2 aromatic heterocycles. The van der Waals surface area contributed by atoms with Crippen molar-refractivity contribution in [3.05, 3.63) is 78.6 Å². The number of benzene rings is 2. The Balaban J connectivity index is 1.28. The number of hydrogen-bond donors (Lipinski definition) is 1. The largest absolute Gasteiger partial charge is 0.345 e. The molecule has 0 aliphatic carbocycles. The van der Waals surface area contributed by atoms with Crippen molar-refractivity contribution in [1.29, 1.82) is 0 Å². The average Bonchev–Trinajstić information content (AvgIpc) is 3.28. The van der Waals surface area contributed by atoms with Gasteiger partial charge in [-0.05, 0) is 34.5 Å². The predicted octanol–water partition coefficient (Wildman–Crippen LogP) is 3.26. The van der Waals surface area contributed by atoms with E-state index in [9.17, 15) is 13.2 Å². The fourth-order valence-electron chi connectivity index (χ4n) is 4.09. The highest BCUT2D eigenvalue weighted by Crippen LogP contribution is 2.25. The van der Waals surface area contributed by atoms with E-state index in [2.05, 4.69) is 9.97 Å². The van der Waals surface area contributed by atoms with Gasteiger partial charge in [-0.25, -0.2) is 13.4 Å². The number of fused-ring (bicyclic) bond motifs is 2. The first kappa shape index (κ1) is 20.4. The van der Waals surface area contributed by atoms with Crippen LogP contribution in [0.1, 0.15) is 5.56 Å². The van der Waals surface area contributed by atoms with Crippen molar-refractivity contribution in [2.45, 2.75) is 4.90 Å². The van der Waals surface area contributed by atoms with Crippen molar-refractivity contribution >= 4 is 43.8 Å². The van der Waals surface area contributed by atoms with Crippen LogP contribution in [0.4, 0.5) is 0 Å². The molecule has 3 heterocycles. The molecule has 0 saturated carbocycles. The minimum Gasteiger partial charge on any atom is -0.345 e. The number of sulfonamides is 1. The topological polar surface area (TPSA) is 86.4 Å². The molecule has 1 amide bonds. The molecule has 0 atom stereocenters. The number of piperazine rings is 1. The smallest absolute Gasteiger partial charge is 0.246 e. The van der Waals surface area contributed by atoms with Gasteiger partial charge >= 0.3 is 0 Å². The van der Waals surface area contributed by atoms with Crippen LogP contribution in [0.15, 0.2) is 78.0 Å². The molecule has 0 radical (unpaired) electrons. The minimum absolute atomic E-state index is 0.119.